The predicted molar refractivity (Wildman–Crippen MR) is 279 cm³/mol. The van der Waals surface area contributed by atoms with Crippen molar-refractivity contribution < 1.29 is 0 Å². The van der Waals surface area contributed by atoms with Crippen LogP contribution in [0, 0.1) is 0 Å². The minimum Gasteiger partial charge on any atom is -0.310 e. The number of rotatable bonds is 4. The molecule has 0 saturated carbocycles. The number of fused-ring (bicyclic) bond motifs is 18. The Morgan fingerprint density at radius 2 is 0.687 bits per heavy atom. The normalized spacial score (nSPS) is 14.6. The summed E-state index contributed by atoms with van der Waals surface area (Å²) in [7, 11) is 0. The third kappa shape index (κ3) is 5.45. The van der Waals surface area contributed by atoms with Gasteiger partial charge in [-0.2, -0.15) is 0 Å². The Balaban J connectivity index is 1.06. The molecule has 0 aromatic heterocycles. The van der Waals surface area contributed by atoms with Gasteiger partial charge >= 0.3 is 0 Å². The second-order valence-corrected chi connectivity index (χ2v) is 18.0. The molecule has 0 amide bonds. The van der Waals surface area contributed by atoms with Gasteiger partial charge in [0.1, 0.15) is 0 Å². The minimum atomic E-state index is -0.628. The molecule has 67 heavy (non-hydrogen) atoms. The van der Waals surface area contributed by atoms with Crippen molar-refractivity contribution in [2.24, 2.45) is 0 Å². The molecule has 312 valence electrons. The topological polar surface area (TPSA) is 6.48 Å². The fourth-order valence-electron chi connectivity index (χ4n) is 11.8. The molecular formula is C65H42N2. The van der Waals surface area contributed by atoms with E-state index in [0.29, 0.717) is 0 Å². The maximum absolute atomic E-state index is 2.52. The number of hydrogen-bond donors (Lipinski definition) is 0. The Bertz CT molecular complexity index is 3780. The molecule has 0 radical (unpaired) electrons. The van der Waals surface area contributed by atoms with Crippen LogP contribution in [0.3, 0.4) is 0 Å². The van der Waals surface area contributed by atoms with Crippen LogP contribution >= 0.6 is 0 Å². The van der Waals surface area contributed by atoms with Crippen LogP contribution in [0.2, 0.25) is 0 Å². The molecule has 2 aliphatic carbocycles. The first-order chi connectivity index (χ1) is 33.3. The number of nitrogens with zero attached hydrogens (tertiary/aromatic N) is 2. The van der Waals surface area contributed by atoms with Crippen LogP contribution in [0.5, 0.6) is 0 Å². The average Bonchev–Trinajstić information content (AvgIpc) is 3.54. The Labute approximate surface area is 390 Å². The van der Waals surface area contributed by atoms with Crippen molar-refractivity contribution in [1.82, 2.24) is 0 Å². The smallest absolute Gasteiger partial charge is 0.0726 e. The number of para-hydroxylation sites is 4. The fraction of sp³-hybridized carbons (Fsp3) is 0.0154. The van der Waals surface area contributed by atoms with E-state index in [4.69, 9.17) is 0 Å². The van der Waals surface area contributed by atoms with Gasteiger partial charge in [-0.3, -0.25) is 0 Å². The van der Waals surface area contributed by atoms with Crippen molar-refractivity contribution >= 4 is 44.9 Å². The summed E-state index contributed by atoms with van der Waals surface area (Å²) in [6, 6.07) is 94.9. The van der Waals surface area contributed by atoms with Crippen molar-refractivity contribution in [3.8, 4) is 55.6 Å². The van der Waals surface area contributed by atoms with Gasteiger partial charge in [-0.1, -0.05) is 182 Å². The summed E-state index contributed by atoms with van der Waals surface area (Å²) in [5, 5.41) is 2.50. The van der Waals surface area contributed by atoms with E-state index in [0.717, 1.165) is 34.1 Å². The minimum absolute atomic E-state index is 0.628. The summed E-state index contributed by atoms with van der Waals surface area (Å²) >= 11 is 0. The van der Waals surface area contributed by atoms with E-state index in [2.05, 4.69) is 265 Å². The molecule has 1 heterocycles. The molecule has 1 aliphatic heterocycles. The zero-order valence-corrected chi connectivity index (χ0v) is 36.6. The lowest BCUT2D eigenvalue weighted by atomic mass is 9.65. The first-order valence-electron chi connectivity index (χ1n) is 23.3. The van der Waals surface area contributed by atoms with Gasteiger partial charge in [0.2, 0.25) is 0 Å². The second-order valence-electron chi connectivity index (χ2n) is 18.0. The van der Waals surface area contributed by atoms with Gasteiger partial charge in [0.05, 0.1) is 16.8 Å². The van der Waals surface area contributed by atoms with Crippen LogP contribution in [0.15, 0.2) is 255 Å². The van der Waals surface area contributed by atoms with E-state index in [9.17, 15) is 0 Å². The van der Waals surface area contributed by atoms with Crippen LogP contribution in [0.1, 0.15) is 22.3 Å². The number of benzene rings is 11. The molecular weight excluding hydrogens is 809 g/mol. The third-order valence-electron chi connectivity index (χ3n) is 14.6. The first kappa shape index (κ1) is 37.6. The molecule has 0 N–H and O–H groups in total. The molecule has 14 rings (SSSR count). The van der Waals surface area contributed by atoms with E-state index in [-0.39, 0.29) is 0 Å². The van der Waals surface area contributed by atoms with E-state index >= 15 is 0 Å². The van der Waals surface area contributed by atoms with Crippen molar-refractivity contribution in [2.45, 2.75) is 5.41 Å². The Kier molecular flexibility index (Phi) is 8.23. The van der Waals surface area contributed by atoms with E-state index < -0.39 is 5.41 Å². The molecule has 2 heteroatoms. The summed E-state index contributed by atoms with van der Waals surface area (Å²) in [6.45, 7) is 0. The van der Waals surface area contributed by atoms with Gasteiger partial charge in [0.25, 0.3) is 0 Å². The predicted octanol–water partition coefficient (Wildman–Crippen LogP) is 17.4. The van der Waals surface area contributed by atoms with Gasteiger partial charge in [0.15, 0.2) is 0 Å². The van der Waals surface area contributed by atoms with Crippen molar-refractivity contribution in [2.75, 3.05) is 9.80 Å². The Hall–Kier alpha value is -8.72. The Morgan fingerprint density at radius 1 is 0.254 bits per heavy atom. The second kappa shape index (κ2) is 14.7. The lowest BCUT2D eigenvalue weighted by Crippen LogP contribution is -2.29. The third-order valence-corrected chi connectivity index (χ3v) is 14.6. The molecule has 0 bridgehead atoms. The van der Waals surface area contributed by atoms with Gasteiger partial charge in [-0.05, 0) is 150 Å². The largest absolute Gasteiger partial charge is 0.310 e. The SMILES string of the molecule is c1ccc(N(c2ccc3c(c2)-c2ccccc2N(c2ccccc2)c2ccccc2-3)c2ccc3c(c2)C2(c4ccccc4-c4ccccc4-3)c3ccccc3-c3cc4ccccc4cc32)cc1. The van der Waals surface area contributed by atoms with Crippen molar-refractivity contribution in [3.05, 3.63) is 277 Å². The molecule has 1 spiro atoms. The summed E-state index contributed by atoms with van der Waals surface area (Å²) in [5.74, 6) is 0. The molecule has 1 atom stereocenters. The summed E-state index contributed by atoms with van der Waals surface area (Å²) in [4.78, 5) is 4.88. The maximum Gasteiger partial charge on any atom is 0.0726 e. The van der Waals surface area contributed by atoms with E-state index in [1.807, 2.05) is 0 Å². The molecule has 11 aromatic rings. The quantitative estimate of drug-likeness (QED) is 0.174. The number of anilines is 6. The summed E-state index contributed by atoms with van der Waals surface area (Å²) in [5.41, 5.74) is 23.7. The van der Waals surface area contributed by atoms with E-state index in [1.165, 1.54) is 88.7 Å². The summed E-state index contributed by atoms with van der Waals surface area (Å²) < 4.78 is 0. The molecule has 2 nitrogen and oxygen atoms in total. The standard InChI is InChI=1S/C65H42N2/c1-3-21-45(22-4-1)66(47-35-37-51-55-29-13-17-33-63(55)67(46-23-5-2-6-24-46)64-34-18-14-30-56(64)57(51)41-47)48-36-38-54-50-26-10-9-25-49(50)52-27-11-15-31-59(52)65(62(54)42-48)60-32-16-12-28-53(60)58-39-43-19-7-8-20-44(43)40-61(58)65/h1-42H. The van der Waals surface area contributed by atoms with Crippen LogP contribution < -0.4 is 9.80 Å². The Morgan fingerprint density at radius 3 is 1.34 bits per heavy atom. The molecule has 11 aromatic carbocycles. The van der Waals surface area contributed by atoms with Crippen molar-refractivity contribution in [3.63, 3.8) is 0 Å². The molecule has 0 fully saturated rings. The monoisotopic (exact) mass is 850 g/mol. The zero-order chi connectivity index (χ0) is 44.1. The summed E-state index contributed by atoms with van der Waals surface area (Å²) in [6.07, 6.45) is 0. The van der Waals surface area contributed by atoms with E-state index in [1.54, 1.807) is 0 Å². The maximum atomic E-state index is 2.52. The zero-order valence-electron chi connectivity index (χ0n) is 36.6. The average molecular weight is 851 g/mol. The highest BCUT2D eigenvalue weighted by Gasteiger charge is 2.50. The van der Waals surface area contributed by atoms with Crippen LogP contribution in [0.25, 0.3) is 66.4 Å². The van der Waals surface area contributed by atoms with Crippen LogP contribution in [-0.2, 0) is 5.41 Å². The highest BCUT2D eigenvalue weighted by molar-refractivity contribution is 6.05. The highest BCUT2D eigenvalue weighted by Crippen LogP contribution is 2.63. The van der Waals surface area contributed by atoms with Crippen molar-refractivity contribution in [1.29, 1.82) is 0 Å². The van der Waals surface area contributed by atoms with Gasteiger partial charge in [-0.25, -0.2) is 0 Å². The molecule has 0 saturated heterocycles. The van der Waals surface area contributed by atoms with Crippen LogP contribution in [-0.4, -0.2) is 0 Å². The lowest BCUT2D eigenvalue weighted by Gasteiger charge is -2.36. The number of hydrogen-bond acceptors (Lipinski definition) is 2. The van der Waals surface area contributed by atoms with Gasteiger partial charge in [0, 0.05) is 33.9 Å². The lowest BCUT2D eigenvalue weighted by molar-refractivity contribution is 0.776. The fourth-order valence-corrected chi connectivity index (χ4v) is 11.8. The van der Waals surface area contributed by atoms with Gasteiger partial charge in [-0.15, -0.1) is 0 Å². The first-order valence-corrected chi connectivity index (χ1v) is 23.3. The van der Waals surface area contributed by atoms with Crippen LogP contribution in [0.4, 0.5) is 34.1 Å². The molecule has 3 aliphatic rings. The molecule has 1 unspecified atom stereocenters. The van der Waals surface area contributed by atoms with Gasteiger partial charge < -0.3 is 9.80 Å². The highest BCUT2D eigenvalue weighted by atomic mass is 15.2.